The molecule has 0 fully saturated rings. The molecule has 0 radical (unpaired) electrons. The van der Waals surface area contributed by atoms with E-state index in [1.54, 1.807) is 18.3 Å². The zero-order chi connectivity index (χ0) is 15.2. The molecule has 0 aliphatic rings. The van der Waals surface area contributed by atoms with Crippen molar-refractivity contribution in [3.8, 4) is 5.75 Å². The summed E-state index contributed by atoms with van der Waals surface area (Å²) in [6.45, 7) is 0.381. The first-order chi connectivity index (χ1) is 10.8. The maximum absolute atomic E-state index is 12.8. The normalized spacial score (nSPS) is 11.0. The Morgan fingerprint density at radius 1 is 1.09 bits per heavy atom. The van der Waals surface area contributed by atoms with Crippen LogP contribution in [0.15, 0.2) is 66.3 Å². The number of rotatable bonds is 5. The van der Waals surface area contributed by atoms with Gasteiger partial charge in [-0.15, -0.1) is 10.2 Å². The third-order valence-electron chi connectivity index (χ3n) is 2.92. The lowest BCUT2D eigenvalue weighted by atomic mass is 10.2. The van der Waals surface area contributed by atoms with E-state index in [1.807, 2.05) is 24.3 Å². The van der Waals surface area contributed by atoms with Crippen molar-refractivity contribution in [2.24, 2.45) is 5.10 Å². The van der Waals surface area contributed by atoms with Gasteiger partial charge in [0.05, 0.1) is 6.21 Å². The minimum absolute atomic E-state index is 0.254. The summed E-state index contributed by atoms with van der Waals surface area (Å²) in [5.74, 6) is 0.466. The molecule has 1 heterocycles. The minimum Gasteiger partial charge on any atom is -0.489 e. The fraction of sp³-hybridized carbons (Fsp3) is 0.0625. The van der Waals surface area contributed by atoms with E-state index in [9.17, 15) is 4.39 Å². The second-order valence-corrected chi connectivity index (χ2v) is 4.57. The Morgan fingerprint density at radius 2 is 1.86 bits per heavy atom. The molecule has 3 aromatic rings. The van der Waals surface area contributed by atoms with Crippen LogP contribution in [-0.4, -0.2) is 21.1 Å². The molecule has 5 nitrogen and oxygen atoms in total. The van der Waals surface area contributed by atoms with E-state index in [0.717, 1.165) is 16.9 Å². The molecule has 0 saturated heterocycles. The van der Waals surface area contributed by atoms with Gasteiger partial charge in [-0.3, -0.25) is 0 Å². The van der Waals surface area contributed by atoms with E-state index in [1.165, 1.54) is 29.5 Å². The SMILES string of the molecule is Fc1ccc(COc2cccc(C=Nn3cnnc3)c2)cc1. The standard InChI is InChI=1S/C16H13FN4O/c17-15-6-4-13(5-7-15)10-22-16-3-1-2-14(8-16)9-20-21-11-18-19-12-21/h1-9,11-12H,10H2. The van der Waals surface area contributed by atoms with E-state index in [2.05, 4.69) is 15.3 Å². The van der Waals surface area contributed by atoms with Gasteiger partial charge < -0.3 is 4.74 Å². The van der Waals surface area contributed by atoms with Gasteiger partial charge >= 0.3 is 0 Å². The smallest absolute Gasteiger partial charge is 0.141 e. The van der Waals surface area contributed by atoms with Crippen molar-refractivity contribution in [1.29, 1.82) is 0 Å². The Labute approximate surface area is 126 Å². The highest BCUT2D eigenvalue weighted by Gasteiger charge is 1.98. The number of nitrogens with zero attached hydrogens (tertiary/aromatic N) is 4. The van der Waals surface area contributed by atoms with Crippen molar-refractivity contribution < 1.29 is 9.13 Å². The average molecular weight is 296 g/mol. The van der Waals surface area contributed by atoms with Crippen LogP contribution < -0.4 is 4.74 Å². The maximum Gasteiger partial charge on any atom is 0.141 e. The number of hydrogen-bond donors (Lipinski definition) is 0. The molecule has 0 atom stereocenters. The third kappa shape index (κ3) is 3.76. The molecule has 0 unspecified atom stereocenters. The van der Waals surface area contributed by atoms with Gasteiger partial charge in [-0.1, -0.05) is 24.3 Å². The Bertz CT molecular complexity index is 754. The van der Waals surface area contributed by atoms with Gasteiger partial charge in [0, 0.05) is 0 Å². The lowest BCUT2D eigenvalue weighted by molar-refractivity contribution is 0.306. The molecule has 0 bridgehead atoms. The number of benzene rings is 2. The highest BCUT2D eigenvalue weighted by atomic mass is 19.1. The number of aromatic nitrogens is 3. The van der Waals surface area contributed by atoms with Crippen LogP contribution in [0.3, 0.4) is 0 Å². The van der Waals surface area contributed by atoms with E-state index in [0.29, 0.717) is 6.61 Å². The molecular formula is C16H13FN4O. The van der Waals surface area contributed by atoms with Crippen molar-refractivity contribution in [3.05, 3.63) is 78.1 Å². The van der Waals surface area contributed by atoms with Crippen LogP contribution in [-0.2, 0) is 6.61 Å². The average Bonchev–Trinajstić information content (AvgIpc) is 3.06. The first-order valence-corrected chi connectivity index (χ1v) is 6.66. The second kappa shape index (κ2) is 6.62. The molecule has 3 rings (SSSR count). The van der Waals surface area contributed by atoms with Crippen LogP contribution in [0.2, 0.25) is 0 Å². The van der Waals surface area contributed by atoms with E-state index in [4.69, 9.17) is 4.74 Å². The molecule has 0 N–H and O–H groups in total. The summed E-state index contributed by atoms with van der Waals surface area (Å²) in [5.41, 5.74) is 1.80. The molecule has 6 heteroatoms. The molecule has 22 heavy (non-hydrogen) atoms. The molecule has 0 aliphatic carbocycles. The van der Waals surface area contributed by atoms with Crippen LogP contribution in [0.25, 0.3) is 0 Å². The van der Waals surface area contributed by atoms with Gasteiger partial charge in [-0.05, 0) is 35.4 Å². The second-order valence-electron chi connectivity index (χ2n) is 4.57. The predicted octanol–water partition coefficient (Wildman–Crippen LogP) is 2.88. The minimum atomic E-state index is -0.254. The summed E-state index contributed by atoms with van der Waals surface area (Å²) < 4.78 is 20.0. The lowest BCUT2D eigenvalue weighted by Gasteiger charge is -2.06. The topological polar surface area (TPSA) is 52.3 Å². The summed E-state index contributed by atoms with van der Waals surface area (Å²) in [5, 5.41) is 11.5. The monoisotopic (exact) mass is 296 g/mol. The quantitative estimate of drug-likeness (QED) is 0.680. The van der Waals surface area contributed by atoms with Gasteiger partial charge in [0.25, 0.3) is 0 Å². The van der Waals surface area contributed by atoms with E-state index >= 15 is 0 Å². The van der Waals surface area contributed by atoms with Gasteiger partial charge in [-0.2, -0.15) is 5.10 Å². The van der Waals surface area contributed by atoms with Crippen molar-refractivity contribution in [2.45, 2.75) is 6.61 Å². The molecule has 2 aromatic carbocycles. The molecular weight excluding hydrogens is 283 g/mol. The number of halogens is 1. The highest BCUT2D eigenvalue weighted by Crippen LogP contribution is 2.14. The molecule has 0 spiro atoms. The molecule has 0 saturated carbocycles. The van der Waals surface area contributed by atoms with Crippen molar-refractivity contribution in [3.63, 3.8) is 0 Å². The molecule has 1 aromatic heterocycles. The van der Waals surface area contributed by atoms with Gasteiger partial charge in [0.15, 0.2) is 0 Å². The molecule has 110 valence electrons. The Balaban J connectivity index is 1.64. The van der Waals surface area contributed by atoms with Crippen LogP contribution in [0.5, 0.6) is 5.75 Å². The third-order valence-corrected chi connectivity index (χ3v) is 2.92. The Morgan fingerprint density at radius 3 is 2.64 bits per heavy atom. The molecule has 0 amide bonds. The summed E-state index contributed by atoms with van der Waals surface area (Å²) in [6.07, 6.45) is 4.70. The van der Waals surface area contributed by atoms with Crippen LogP contribution in [0.4, 0.5) is 4.39 Å². The van der Waals surface area contributed by atoms with Gasteiger partial charge in [-0.25, -0.2) is 9.07 Å². The first kappa shape index (κ1) is 13.9. The Hall–Kier alpha value is -3.02. The number of hydrogen-bond acceptors (Lipinski definition) is 4. The van der Waals surface area contributed by atoms with Gasteiger partial charge in [0.1, 0.15) is 30.8 Å². The fourth-order valence-electron chi connectivity index (χ4n) is 1.82. The van der Waals surface area contributed by atoms with Crippen LogP contribution in [0.1, 0.15) is 11.1 Å². The highest BCUT2D eigenvalue weighted by molar-refractivity contribution is 5.80. The summed E-state index contributed by atoms with van der Waals surface area (Å²) in [6, 6.07) is 13.8. The van der Waals surface area contributed by atoms with E-state index in [-0.39, 0.29) is 5.82 Å². The van der Waals surface area contributed by atoms with Crippen molar-refractivity contribution >= 4 is 6.21 Å². The predicted molar refractivity (Wildman–Crippen MR) is 80.2 cm³/mol. The molecule has 0 aliphatic heterocycles. The summed E-state index contributed by atoms with van der Waals surface area (Å²) in [7, 11) is 0. The largest absolute Gasteiger partial charge is 0.489 e. The maximum atomic E-state index is 12.8. The zero-order valence-electron chi connectivity index (χ0n) is 11.6. The summed E-state index contributed by atoms with van der Waals surface area (Å²) >= 11 is 0. The lowest BCUT2D eigenvalue weighted by Crippen LogP contribution is -1.96. The van der Waals surface area contributed by atoms with Crippen LogP contribution in [0, 0.1) is 5.82 Å². The van der Waals surface area contributed by atoms with E-state index < -0.39 is 0 Å². The van der Waals surface area contributed by atoms with Crippen LogP contribution >= 0.6 is 0 Å². The Kier molecular flexibility index (Phi) is 4.20. The number of ether oxygens (including phenoxy) is 1. The first-order valence-electron chi connectivity index (χ1n) is 6.66. The van der Waals surface area contributed by atoms with Gasteiger partial charge in [0.2, 0.25) is 0 Å². The summed E-state index contributed by atoms with van der Waals surface area (Å²) in [4.78, 5) is 0. The van der Waals surface area contributed by atoms with Crippen molar-refractivity contribution in [2.75, 3.05) is 0 Å². The zero-order valence-corrected chi connectivity index (χ0v) is 11.6. The van der Waals surface area contributed by atoms with Crippen molar-refractivity contribution in [1.82, 2.24) is 14.9 Å². The fourth-order valence-corrected chi connectivity index (χ4v) is 1.82.